The molecule has 0 bridgehead atoms. The van der Waals surface area contributed by atoms with Gasteiger partial charge in [0.15, 0.2) is 6.10 Å². The Morgan fingerprint density at radius 3 is 0.740 bits per heavy atom. The molecule has 0 aromatic rings. The molecule has 6 nitrogen and oxygen atoms in total. The Labute approximate surface area is 480 Å². The number of hydrogen-bond acceptors (Lipinski definition) is 6. The molecular formula is C71H132O6. The van der Waals surface area contributed by atoms with Crippen LogP contribution in [0.15, 0.2) is 36.5 Å². The van der Waals surface area contributed by atoms with Crippen LogP contribution in [0.2, 0.25) is 0 Å². The van der Waals surface area contributed by atoms with Crippen LogP contribution >= 0.6 is 0 Å². The normalized spacial score (nSPS) is 12.2. The van der Waals surface area contributed by atoms with Crippen molar-refractivity contribution in [3.8, 4) is 0 Å². The number of carbonyl (C=O) groups is 3. The summed E-state index contributed by atoms with van der Waals surface area (Å²) in [4.78, 5) is 38.4. The molecule has 0 rings (SSSR count). The quantitative estimate of drug-likeness (QED) is 0.0261. The van der Waals surface area contributed by atoms with Crippen LogP contribution in [0.1, 0.15) is 380 Å². The van der Waals surface area contributed by atoms with Crippen molar-refractivity contribution in [2.45, 2.75) is 386 Å². The van der Waals surface area contributed by atoms with Gasteiger partial charge in [0.2, 0.25) is 0 Å². The first-order valence-electron chi connectivity index (χ1n) is 34.5. The molecule has 0 aliphatic rings. The monoisotopic (exact) mass is 1080 g/mol. The maximum atomic E-state index is 12.9. The lowest BCUT2D eigenvalue weighted by Gasteiger charge is -2.18. The third kappa shape index (κ3) is 64.3. The van der Waals surface area contributed by atoms with Crippen LogP contribution in [-0.4, -0.2) is 37.2 Å². The molecule has 0 aromatic heterocycles. The Bertz CT molecular complexity index is 1290. The number of unbranched alkanes of at least 4 members (excludes halogenated alkanes) is 47. The largest absolute Gasteiger partial charge is 0.462 e. The van der Waals surface area contributed by atoms with Crippen molar-refractivity contribution in [1.82, 2.24) is 0 Å². The van der Waals surface area contributed by atoms with Crippen molar-refractivity contribution < 1.29 is 28.6 Å². The summed E-state index contributed by atoms with van der Waals surface area (Å²) in [6, 6.07) is 0. The van der Waals surface area contributed by atoms with Gasteiger partial charge in [-0.15, -0.1) is 0 Å². The molecule has 77 heavy (non-hydrogen) atoms. The van der Waals surface area contributed by atoms with Crippen LogP contribution in [0.3, 0.4) is 0 Å². The average Bonchev–Trinajstić information content (AvgIpc) is 3.43. The van der Waals surface area contributed by atoms with E-state index in [9.17, 15) is 14.4 Å². The fraction of sp³-hybridized carbons (Fsp3) is 0.873. The maximum Gasteiger partial charge on any atom is 0.306 e. The van der Waals surface area contributed by atoms with E-state index in [2.05, 4.69) is 57.2 Å². The minimum Gasteiger partial charge on any atom is -0.462 e. The molecule has 0 amide bonds. The lowest BCUT2D eigenvalue weighted by atomic mass is 10.0. The Kier molecular flexibility index (Phi) is 64.1. The number of allylic oxidation sites excluding steroid dienone is 6. The number of esters is 3. The molecule has 0 saturated heterocycles. The Balaban J connectivity index is 4.25. The Morgan fingerprint density at radius 1 is 0.260 bits per heavy atom. The van der Waals surface area contributed by atoms with Gasteiger partial charge in [0, 0.05) is 19.3 Å². The van der Waals surface area contributed by atoms with Gasteiger partial charge < -0.3 is 14.2 Å². The van der Waals surface area contributed by atoms with Crippen molar-refractivity contribution in [3.05, 3.63) is 36.5 Å². The molecule has 0 radical (unpaired) electrons. The third-order valence-electron chi connectivity index (χ3n) is 15.6. The predicted octanol–water partition coefficient (Wildman–Crippen LogP) is 23.6. The molecule has 6 heteroatoms. The zero-order chi connectivity index (χ0) is 55.7. The van der Waals surface area contributed by atoms with Crippen LogP contribution in [-0.2, 0) is 28.6 Å². The maximum absolute atomic E-state index is 12.9. The van der Waals surface area contributed by atoms with Crippen LogP contribution in [0.4, 0.5) is 0 Å². The minimum atomic E-state index is -0.775. The summed E-state index contributed by atoms with van der Waals surface area (Å²) in [5.74, 6) is -0.855. The van der Waals surface area contributed by atoms with E-state index in [1.807, 2.05) is 0 Å². The molecule has 0 spiro atoms. The Hall–Kier alpha value is -2.37. The van der Waals surface area contributed by atoms with Crippen LogP contribution < -0.4 is 0 Å². The molecule has 0 saturated carbocycles. The van der Waals surface area contributed by atoms with Gasteiger partial charge >= 0.3 is 17.9 Å². The summed E-state index contributed by atoms with van der Waals surface area (Å²) in [6.45, 7) is 6.68. The van der Waals surface area contributed by atoms with Gasteiger partial charge in [0.1, 0.15) is 13.2 Å². The first kappa shape index (κ1) is 74.6. The highest BCUT2D eigenvalue weighted by Crippen LogP contribution is 2.18. The molecule has 0 aliphatic carbocycles. The van der Waals surface area contributed by atoms with E-state index in [0.717, 1.165) is 70.6 Å². The van der Waals surface area contributed by atoms with Gasteiger partial charge in [0.05, 0.1) is 0 Å². The van der Waals surface area contributed by atoms with E-state index in [-0.39, 0.29) is 31.1 Å². The van der Waals surface area contributed by atoms with Crippen molar-refractivity contribution in [2.75, 3.05) is 13.2 Å². The molecule has 0 heterocycles. The number of hydrogen-bond donors (Lipinski definition) is 0. The standard InChI is InChI=1S/C71H132O6/c1-4-7-10-13-16-19-22-25-27-29-31-33-35-37-39-41-43-46-49-52-55-58-61-64-70(73)76-67-68(66-75-69(72)63-60-57-54-51-48-45-24-21-18-15-12-9-6-3)77-71(74)65-62-59-56-53-50-47-44-42-40-38-36-34-32-30-28-26-23-20-17-14-11-8-5-2/h21-22,24-25,29,31,68H,4-20,23,26-28,30,32-67H2,1-3H3/b24-21-,25-22-,31-29-. The number of ether oxygens (including phenoxy) is 3. The van der Waals surface area contributed by atoms with Gasteiger partial charge in [0.25, 0.3) is 0 Å². The zero-order valence-electron chi connectivity index (χ0n) is 52.0. The summed E-state index contributed by atoms with van der Waals surface area (Å²) >= 11 is 0. The van der Waals surface area contributed by atoms with E-state index in [0.29, 0.717) is 19.3 Å². The first-order valence-corrected chi connectivity index (χ1v) is 34.5. The van der Waals surface area contributed by atoms with Crippen LogP contribution in [0, 0.1) is 0 Å². The number of rotatable bonds is 64. The smallest absolute Gasteiger partial charge is 0.306 e. The Morgan fingerprint density at radius 2 is 0.468 bits per heavy atom. The fourth-order valence-corrected chi connectivity index (χ4v) is 10.4. The second kappa shape index (κ2) is 66.1. The van der Waals surface area contributed by atoms with Crippen molar-refractivity contribution in [3.63, 3.8) is 0 Å². The second-order valence-electron chi connectivity index (χ2n) is 23.4. The lowest BCUT2D eigenvalue weighted by molar-refractivity contribution is -0.167. The molecule has 0 aliphatic heterocycles. The summed E-state index contributed by atoms with van der Waals surface area (Å²) in [7, 11) is 0. The summed E-state index contributed by atoms with van der Waals surface area (Å²) in [5.41, 5.74) is 0. The molecular weight excluding hydrogens is 949 g/mol. The van der Waals surface area contributed by atoms with Gasteiger partial charge in [-0.25, -0.2) is 0 Å². The summed E-state index contributed by atoms with van der Waals surface area (Å²) in [6.07, 6.45) is 81.7. The summed E-state index contributed by atoms with van der Waals surface area (Å²) < 4.78 is 17.0. The topological polar surface area (TPSA) is 78.9 Å². The van der Waals surface area contributed by atoms with Crippen LogP contribution in [0.25, 0.3) is 0 Å². The van der Waals surface area contributed by atoms with E-state index in [1.54, 1.807) is 0 Å². The molecule has 0 N–H and O–H groups in total. The van der Waals surface area contributed by atoms with E-state index < -0.39 is 6.10 Å². The van der Waals surface area contributed by atoms with Crippen LogP contribution in [0.5, 0.6) is 0 Å². The van der Waals surface area contributed by atoms with Crippen molar-refractivity contribution in [1.29, 1.82) is 0 Å². The zero-order valence-corrected chi connectivity index (χ0v) is 52.0. The molecule has 1 unspecified atom stereocenters. The molecule has 452 valence electrons. The van der Waals surface area contributed by atoms with Gasteiger partial charge in [-0.2, -0.15) is 0 Å². The highest BCUT2D eigenvalue weighted by Gasteiger charge is 2.19. The first-order chi connectivity index (χ1) is 38.0. The fourth-order valence-electron chi connectivity index (χ4n) is 10.4. The average molecular weight is 1080 g/mol. The lowest BCUT2D eigenvalue weighted by Crippen LogP contribution is -2.30. The molecule has 1 atom stereocenters. The van der Waals surface area contributed by atoms with E-state index in [4.69, 9.17) is 14.2 Å². The summed E-state index contributed by atoms with van der Waals surface area (Å²) in [5, 5.41) is 0. The van der Waals surface area contributed by atoms with E-state index >= 15 is 0 Å². The predicted molar refractivity (Wildman–Crippen MR) is 335 cm³/mol. The number of carbonyl (C=O) groups excluding carboxylic acids is 3. The highest BCUT2D eigenvalue weighted by atomic mass is 16.6. The van der Waals surface area contributed by atoms with Crippen molar-refractivity contribution in [2.24, 2.45) is 0 Å². The van der Waals surface area contributed by atoms with Crippen molar-refractivity contribution >= 4 is 17.9 Å². The third-order valence-corrected chi connectivity index (χ3v) is 15.6. The minimum absolute atomic E-state index is 0.0713. The molecule has 0 aromatic carbocycles. The van der Waals surface area contributed by atoms with Gasteiger partial charge in [-0.05, 0) is 77.0 Å². The molecule has 0 fully saturated rings. The van der Waals surface area contributed by atoms with Gasteiger partial charge in [-0.1, -0.05) is 320 Å². The highest BCUT2D eigenvalue weighted by molar-refractivity contribution is 5.71. The SMILES string of the molecule is CCCCCC/C=C\CCCCCCCC(=O)OCC(COC(=O)CCCCCCCCCCCCC/C=C\C/C=C\CCCCCCC)OC(=O)CCCCCCCCCCCCCCCCCCCCCCCCC. The second-order valence-corrected chi connectivity index (χ2v) is 23.4. The van der Waals surface area contributed by atoms with Gasteiger partial charge in [-0.3, -0.25) is 14.4 Å². The van der Waals surface area contributed by atoms with E-state index in [1.165, 1.54) is 270 Å².